The lowest BCUT2D eigenvalue weighted by Crippen LogP contribution is -2.24. The van der Waals surface area contributed by atoms with Gasteiger partial charge in [0.05, 0.1) is 17.2 Å². The lowest BCUT2D eigenvalue weighted by molar-refractivity contribution is 0.0945. The Labute approximate surface area is 185 Å². The molecule has 3 aromatic rings. The van der Waals surface area contributed by atoms with Gasteiger partial charge in [-0.15, -0.1) is 0 Å². The van der Waals surface area contributed by atoms with E-state index in [2.05, 4.69) is 15.6 Å². The summed E-state index contributed by atoms with van der Waals surface area (Å²) >= 11 is 6.27. The maximum atomic E-state index is 12.8. The van der Waals surface area contributed by atoms with Gasteiger partial charge in [-0.2, -0.15) is 0 Å². The van der Waals surface area contributed by atoms with Crippen LogP contribution >= 0.6 is 11.6 Å². The molecule has 158 valence electrons. The number of ether oxygens (including phenoxy) is 1. The normalized spacial score (nSPS) is 12.8. The molecule has 1 aliphatic rings. The third kappa shape index (κ3) is 5.61. The minimum atomic E-state index is -0.295. The molecule has 1 aromatic heterocycles. The Morgan fingerprint density at radius 3 is 2.45 bits per heavy atom. The van der Waals surface area contributed by atoms with Gasteiger partial charge in [0.25, 0.3) is 11.8 Å². The second-order valence-corrected chi connectivity index (χ2v) is 7.84. The van der Waals surface area contributed by atoms with E-state index < -0.39 is 0 Å². The number of anilines is 1. The molecule has 2 aromatic carbocycles. The third-order valence-electron chi connectivity index (χ3n) is 4.98. The highest BCUT2D eigenvalue weighted by Crippen LogP contribution is 2.32. The quantitative estimate of drug-likeness (QED) is 0.537. The molecule has 0 saturated heterocycles. The Balaban J connectivity index is 1.36. The Morgan fingerprint density at radius 2 is 1.74 bits per heavy atom. The van der Waals surface area contributed by atoms with Crippen molar-refractivity contribution in [2.24, 2.45) is 5.92 Å². The molecular weight excluding hydrogens is 414 g/mol. The van der Waals surface area contributed by atoms with Crippen LogP contribution in [0.15, 0.2) is 67.0 Å². The molecule has 1 heterocycles. The van der Waals surface area contributed by atoms with E-state index in [4.69, 9.17) is 16.3 Å². The first kappa shape index (κ1) is 20.9. The molecule has 7 heteroatoms. The summed E-state index contributed by atoms with van der Waals surface area (Å²) in [5.74, 6) is 0.565. The smallest absolute Gasteiger partial charge is 0.256 e. The highest BCUT2D eigenvalue weighted by Gasteiger charge is 2.24. The highest BCUT2D eigenvalue weighted by atomic mass is 35.5. The first-order chi connectivity index (χ1) is 15.1. The standard InChI is InChI=1S/C24H22ClN3O3/c25-20-2-1-3-21(31-15-17-4-5-17)22(20)24(30)27-14-16-6-8-18(9-7-16)23(29)28-19-10-12-26-13-11-19/h1-3,6-13,17H,4-5,14-15H2,(H,27,30)(H,26,28,29). The molecule has 0 unspecified atom stereocenters. The number of amides is 2. The lowest BCUT2D eigenvalue weighted by Gasteiger charge is -2.13. The summed E-state index contributed by atoms with van der Waals surface area (Å²) in [7, 11) is 0. The fourth-order valence-electron chi connectivity index (χ4n) is 3.02. The summed E-state index contributed by atoms with van der Waals surface area (Å²) in [6.07, 6.45) is 5.56. The van der Waals surface area contributed by atoms with Crippen LogP contribution in [-0.4, -0.2) is 23.4 Å². The van der Waals surface area contributed by atoms with E-state index in [1.807, 2.05) is 0 Å². The summed E-state index contributed by atoms with van der Waals surface area (Å²) < 4.78 is 5.81. The van der Waals surface area contributed by atoms with Crippen molar-refractivity contribution in [3.05, 3.63) is 88.7 Å². The van der Waals surface area contributed by atoms with Crippen molar-refractivity contribution in [3.8, 4) is 5.75 Å². The molecule has 0 radical (unpaired) electrons. The maximum Gasteiger partial charge on any atom is 0.256 e. The number of nitrogens with one attached hydrogen (secondary N) is 2. The van der Waals surface area contributed by atoms with Gasteiger partial charge in [-0.1, -0.05) is 29.8 Å². The van der Waals surface area contributed by atoms with Crippen LogP contribution in [0.3, 0.4) is 0 Å². The highest BCUT2D eigenvalue weighted by molar-refractivity contribution is 6.34. The molecule has 2 amide bonds. The number of hydrogen-bond acceptors (Lipinski definition) is 4. The Kier molecular flexibility index (Phi) is 6.48. The number of carbonyl (C=O) groups is 2. The molecule has 6 nitrogen and oxygen atoms in total. The number of pyridine rings is 1. The second-order valence-electron chi connectivity index (χ2n) is 7.44. The Bertz CT molecular complexity index is 1070. The van der Waals surface area contributed by atoms with E-state index in [0.717, 1.165) is 5.56 Å². The van der Waals surface area contributed by atoms with E-state index in [9.17, 15) is 9.59 Å². The number of aromatic nitrogens is 1. The Morgan fingerprint density at radius 1 is 1.00 bits per heavy atom. The van der Waals surface area contributed by atoms with Gasteiger partial charge in [-0.3, -0.25) is 14.6 Å². The number of carbonyl (C=O) groups excluding carboxylic acids is 2. The van der Waals surface area contributed by atoms with Gasteiger partial charge < -0.3 is 15.4 Å². The van der Waals surface area contributed by atoms with Crippen LogP contribution in [0.4, 0.5) is 5.69 Å². The number of benzene rings is 2. The van der Waals surface area contributed by atoms with Crippen molar-refractivity contribution < 1.29 is 14.3 Å². The van der Waals surface area contributed by atoms with Gasteiger partial charge in [-0.05, 0) is 60.7 Å². The fourth-order valence-corrected chi connectivity index (χ4v) is 3.27. The summed E-state index contributed by atoms with van der Waals surface area (Å²) in [4.78, 5) is 29.0. The van der Waals surface area contributed by atoms with Gasteiger partial charge in [0.15, 0.2) is 0 Å². The predicted octanol–water partition coefficient (Wildman–Crippen LogP) is 4.71. The molecule has 0 bridgehead atoms. The number of rotatable bonds is 8. The van der Waals surface area contributed by atoms with Gasteiger partial charge in [-0.25, -0.2) is 0 Å². The minimum Gasteiger partial charge on any atom is -0.492 e. The molecule has 1 aliphatic carbocycles. The number of nitrogens with zero attached hydrogens (tertiary/aromatic N) is 1. The third-order valence-corrected chi connectivity index (χ3v) is 5.30. The van der Waals surface area contributed by atoms with Crippen molar-refractivity contribution >= 4 is 29.1 Å². The molecule has 0 spiro atoms. The van der Waals surface area contributed by atoms with Crippen LogP contribution in [0.2, 0.25) is 5.02 Å². The molecule has 4 rings (SSSR count). The van der Waals surface area contributed by atoms with E-state index in [1.54, 1.807) is 67.0 Å². The van der Waals surface area contributed by atoms with Crippen LogP contribution < -0.4 is 15.4 Å². The van der Waals surface area contributed by atoms with Gasteiger partial charge in [0, 0.05) is 30.2 Å². The van der Waals surface area contributed by atoms with Crippen molar-refractivity contribution in [3.63, 3.8) is 0 Å². The molecule has 1 saturated carbocycles. The van der Waals surface area contributed by atoms with Gasteiger partial charge in [0.2, 0.25) is 0 Å². The van der Waals surface area contributed by atoms with E-state index in [0.29, 0.717) is 46.7 Å². The monoisotopic (exact) mass is 435 g/mol. The summed E-state index contributed by atoms with van der Waals surface area (Å²) in [5, 5.41) is 6.04. The SMILES string of the molecule is O=C(Nc1ccncc1)c1ccc(CNC(=O)c2c(Cl)cccc2OCC2CC2)cc1. The number of halogens is 1. The number of hydrogen-bond donors (Lipinski definition) is 2. The fraction of sp³-hybridized carbons (Fsp3) is 0.208. The maximum absolute atomic E-state index is 12.8. The molecular formula is C24H22ClN3O3. The summed E-state index contributed by atoms with van der Waals surface area (Å²) in [5.41, 5.74) is 2.41. The average Bonchev–Trinajstić information content (AvgIpc) is 3.62. The van der Waals surface area contributed by atoms with Crippen LogP contribution in [-0.2, 0) is 6.54 Å². The van der Waals surface area contributed by atoms with Crippen molar-refractivity contribution in [2.45, 2.75) is 19.4 Å². The summed E-state index contributed by atoms with van der Waals surface area (Å²) in [6.45, 7) is 0.905. The van der Waals surface area contributed by atoms with Crippen LogP contribution in [0, 0.1) is 5.92 Å². The molecule has 31 heavy (non-hydrogen) atoms. The molecule has 0 aliphatic heterocycles. The average molecular weight is 436 g/mol. The van der Waals surface area contributed by atoms with Crippen molar-refractivity contribution in [2.75, 3.05) is 11.9 Å². The van der Waals surface area contributed by atoms with Crippen molar-refractivity contribution in [1.29, 1.82) is 0 Å². The summed E-state index contributed by atoms with van der Waals surface area (Å²) in [6, 6.07) is 15.7. The predicted molar refractivity (Wildman–Crippen MR) is 119 cm³/mol. The van der Waals surface area contributed by atoms with Gasteiger partial charge in [0.1, 0.15) is 5.75 Å². The van der Waals surface area contributed by atoms with Gasteiger partial charge >= 0.3 is 0 Å². The van der Waals surface area contributed by atoms with Crippen molar-refractivity contribution in [1.82, 2.24) is 10.3 Å². The minimum absolute atomic E-state index is 0.213. The molecule has 0 atom stereocenters. The zero-order chi connectivity index (χ0) is 21.6. The molecule has 2 N–H and O–H groups in total. The first-order valence-corrected chi connectivity index (χ1v) is 10.5. The molecule has 1 fully saturated rings. The first-order valence-electron chi connectivity index (χ1n) is 10.1. The van der Waals surface area contributed by atoms with Crippen LogP contribution in [0.25, 0.3) is 0 Å². The largest absolute Gasteiger partial charge is 0.492 e. The Hall–Kier alpha value is -3.38. The lowest BCUT2D eigenvalue weighted by atomic mass is 10.1. The van der Waals surface area contributed by atoms with E-state index in [1.165, 1.54) is 12.8 Å². The zero-order valence-corrected chi connectivity index (χ0v) is 17.6. The van der Waals surface area contributed by atoms with Crippen LogP contribution in [0.1, 0.15) is 39.1 Å². The second kappa shape index (κ2) is 9.62. The van der Waals surface area contributed by atoms with E-state index >= 15 is 0 Å². The zero-order valence-electron chi connectivity index (χ0n) is 16.8. The van der Waals surface area contributed by atoms with Crippen LogP contribution in [0.5, 0.6) is 5.75 Å². The topological polar surface area (TPSA) is 80.3 Å². The van der Waals surface area contributed by atoms with E-state index in [-0.39, 0.29) is 11.8 Å².